The Hall–Kier alpha value is -0.720. The van der Waals surface area contributed by atoms with E-state index in [1.54, 1.807) is 6.07 Å². The van der Waals surface area contributed by atoms with Gasteiger partial charge in [0.2, 0.25) is 0 Å². The molecule has 3 nitrogen and oxygen atoms in total. The van der Waals surface area contributed by atoms with E-state index in [0.717, 1.165) is 30.5 Å². The molecule has 3 rings (SSSR count). The van der Waals surface area contributed by atoms with Crippen molar-refractivity contribution < 1.29 is 9.13 Å². The number of nitrogens with zero attached hydrogens (tertiary/aromatic N) is 1. The molecule has 1 aliphatic rings. The van der Waals surface area contributed by atoms with E-state index < -0.39 is 0 Å². The maximum absolute atomic E-state index is 13.6. The van der Waals surface area contributed by atoms with Crippen molar-refractivity contribution in [2.75, 3.05) is 6.61 Å². The van der Waals surface area contributed by atoms with Crippen LogP contribution in [0.15, 0.2) is 16.6 Å². The highest BCUT2D eigenvalue weighted by Gasteiger charge is 2.25. The molecule has 0 aliphatic carbocycles. The molecule has 0 spiro atoms. The second-order valence-corrected chi connectivity index (χ2v) is 6.12. The maximum Gasteiger partial charge on any atom is 0.178 e. The van der Waals surface area contributed by atoms with Gasteiger partial charge in [0, 0.05) is 12.7 Å². The van der Waals surface area contributed by atoms with Gasteiger partial charge in [-0.3, -0.25) is 0 Å². The number of halogens is 2. The van der Waals surface area contributed by atoms with Crippen molar-refractivity contribution in [2.24, 2.45) is 0 Å². The van der Waals surface area contributed by atoms with Gasteiger partial charge in [0.15, 0.2) is 4.77 Å². The topological polar surface area (TPSA) is 29.9 Å². The van der Waals surface area contributed by atoms with E-state index >= 15 is 0 Å². The second kappa shape index (κ2) is 5.00. The smallest absolute Gasteiger partial charge is 0.178 e. The Morgan fingerprint density at radius 3 is 3.05 bits per heavy atom. The third kappa shape index (κ3) is 2.26. The van der Waals surface area contributed by atoms with Gasteiger partial charge < -0.3 is 14.3 Å². The normalized spacial score (nSPS) is 21.1. The van der Waals surface area contributed by atoms with E-state index in [-0.39, 0.29) is 18.0 Å². The van der Waals surface area contributed by atoms with Crippen molar-refractivity contribution in [3.63, 3.8) is 0 Å². The van der Waals surface area contributed by atoms with Gasteiger partial charge in [-0.2, -0.15) is 0 Å². The molecule has 1 aromatic carbocycles. The van der Waals surface area contributed by atoms with Crippen LogP contribution in [0.2, 0.25) is 0 Å². The highest BCUT2D eigenvalue weighted by Crippen LogP contribution is 2.30. The van der Waals surface area contributed by atoms with E-state index in [9.17, 15) is 4.39 Å². The summed E-state index contributed by atoms with van der Waals surface area (Å²) in [4.78, 5) is 3.06. The lowest BCUT2D eigenvalue weighted by Gasteiger charge is -2.21. The molecule has 2 heterocycles. The molecule has 0 saturated carbocycles. The molecule has 1 N–H and O–H groups in total. The summed E-state index contributed by atoms with van der Waals surface area (Å²) >= 11 is 8.59. The molecule has 1 aliphatic heterocycles. The Balaban J connectivity index is 2.14. The molecule has 0 radical (unpaired) electrons. The average Bonchev–Trinajstić information content (AvgIpc) is 2.97. The van der Waals surface area contributed by atoms with Gasteiger partial charge in [0.05, 0.1) is 27.7 Å². The lowest BCUT2D eigenvalue weighted by Crippen LogP contribution is -2.20. The third-order valence-electron chi connectivity index (χ3n) is 3.67. The molecule has 1 saturated heterocycles. The van der Waals surface area contributed by atoms with Crippen molar-refractivity contribution in [1.82, 2.24) is 9.55 Å². The Morgan fingerprint density at radius 2 is 2.37 bits per heavy atom. The molecule has 19 heavy (non-hydrogen) atoms. The molecule has 0 amide bonds. The number of ether oxygens (including phenoxy) is 1. The number of nitrogens with one attached hydrogen (secondary N) is 1. The number of fused-ring (bicyclic) bond motifs is 1. The first-order chi connectivity index (χ1) is 9.08. The molecule has 1 fully saturated rings. The van der Waals surface area contributed by atoms with Crippen LogP contribution in [0.5, 0.6) is 0 Å². The highest BCUT2D eigenvalue weighted by molar-refractivity contribution is 9.10. The second-order valence-electron chi connectivity index (χ2n) is 4.88. The number of hydrogen-bond acceptors (Lipinski definition) is 2. The summed E-state index contributed by atoms with van der Waals surface area (Å²) in [5.74, 6) is -0.291. The van der Waals surface area contributed by atoms with Gasteiger partial charge >= 0.3 is 0 Å². The molecular weight excluding hydrogens is 331 g/mol. The fraction of sp³-hybridized carbons (Fsp3) is 0.462. The lowest BCUT2D eigenvalue weighted by molar-refractivity contribution is 0.0741. The zero-order valence-electron chi connectivity index (χ0n) is 10.5. The molecule has 2 atom stereocenters. The Morgan fingerprint density at radius 1 is 1.58 bits per heavy atom. The zero-order valence-corrected chi connectivity index (χ0v) is 12.9. The van der Waals surface area contributed by atoms with E-state index in [0.29, 0.717) is 9.24 Å². The summed E-state index contributed by atoms with van der Waals surface area (Å²) < 4.78 is 22.4. The Kier molecular flexibility index (Phi) is 3.49. The standard InChI is InChI=1S/C13H14BrFN2OS/c1-7(12-3-2-4-18-12)17-11-5-8(14)9(15)6-10(11)16-13(17)19/h5-7,12H,2-4H2,1H3,(H,16,19). The molecule has 6 heteroatoms. The minimum Gasteiger partial charge on any atom is -0.376 e. The Labute approximate surface area is 123 Å². The quantitative estimate of drug-likeness (QED) is 0.821. The number of rotatable bonds is 2. The van der Waals surface area contributed by atoms with Crippen LogP contribution in [0.25, 0.3) is 11.0 Å². The van der Waals surface area contributed by atoms with Crippen LogP contribution in [-0.2, 0) is 4.74 Å². The minimum atomic E-state index is -0.291. The summed E-state index contributed by atoms with van der Waals surface area (Å²) in [5.41, 5.74) is 1.62. The van der Waals surface area contributed by atoms with Gasteiger partial charge in [0.1, 0.15) is 5.82 Å². The van der Waals surface area contributed by atoms with Gasteiger partial charge in [-0.25, -0.2) is 4.39 Å². The average molecular weight is 345 g/mol. The fourth-order valence-electron chi connectivity index (χ4n) is 2.67. The third-order valence-corrected chi connectivity index (χ3v) is 4.58. The summed E-state index contributed by atoms with van der Waals surface area (Å²) in [6.45, 7) is 2.90. The van der Waals surface area contributed by atoms with Crippen LogP contribution in [0.1, 0.15) is 25.8 Å². The lowest BCUT2D eigenvalue weighted by atomic mass is 10.1. The van der Waals surface area contributed by atoms with Crippen LogP contribution in [0.4, 0.5) is 4.39 Å². The molecule has 2 aromatic rings. The highest BCUT2D eigenvalue weighted by atomic mass is 79.9. The van der Waals surface area contributed by atoms with Crippen molar-refractivity contribution in [1.29, 1.82) is 0 Å². The van der Waals surface area contributed by atoms with Gasteiger partial charge in [-0.15, -0.1) is 0 Å². The monoisotopic (exact) mass is 344 g/mol. The molecular formula is C13H14BrFN2OS. The van der Waals surface area contributed by atoms with E-state index in [1.807, 2.05) is 4.57 Å². The van der Waals surface area contributed by atoms with Crippen LogP contribution >= 0.6 is 28.1 Å². The van der Waals surface area contributed by atoms with Crippen LogP contribution in [0, 0.1) is 10.6 Å². The number of aromatic nitrogens is 2. The van der Waals surface area contributed by atoms with Gasteiger partial charge in [0.25, 0.3) is 0 Å². The van der Waals surface area contributed by atoms with Crippen LogP contribution in [-0.4, -0.2) is 22.3 Å². The summed E-state index contributed by atoms with van der Waals surface area (Å²) in [7, 11) is 0. The van der Waals surface area contributed by atoms with Gasteiger partial charge in [-0.1, -0.05) is 0 Å². The largest absolute Gasteiger partial charge is 0.376 e. The van der Waals surface area contributed by atoms with E-state index in [4.69, 9.17) is 17.0 Å². The minimum absolute atomic E-state index is 0.140. The molecule has 1 aromatic heterocycles. The maximum atomic E-state index is 13.6. The van der Waals surface area contributed by atoms with Crippen molar-refractivity contribution in [3.8, 4) is 0 Å². The fourth-order valence-corrected chi connectivity index (χ4v) is 3.38. The molecule has 2 unspecified atom stereocenters. The SMILES string of the molecule is CC(C1CCCO1)n1c(=S)[nH]c2cc(F)c(Br)cc21. The van der Waals surface area contributed by atoms with Crippen molar-refractivity contribution in [2.45, 2.75) is 31.9 Å². The van der Waals surface area contributed by atoms with Crippen LogP contribution in [0.3, 0.4) is 0 Å². The number of imidazole rings is 1. The van der Waals surface area contributed by atoms with E-state index in [2.05, 4.69) is 27.8 Å². The van der Waals surface area contributed by atoms with E-state index in [1.165, 1.54) is 6.07 Å². The number of hydrogen-bond donors (Lipinski definition) is 1. The number of H-pyrrole nitrogens is 1. The predicted molar refractivity (Wildman–Crippen MR) is 78.5 cm³/mol. The first kappa shape index (κ1) is 13.3. The zero-order chi connectivity index (χ0) is 13.6. The number of aromatic amines is 1. The first-order valence-electron chi connectivity index (χ1n) is 6.29. The summed E-state index contributed by atoms with van der Waals surface area (Å²) in [6.07, 6.45) is 2.30. The van der Waals surface area contributed by atoms with Crippen molar-refractivity contribution >= 4 is 39.2 Å². The predicted octanol–water partition coefficient (Wildman–Crippen LogP) is 4.34. The number of benzene rings is 1. The van der Waals surface area contributed by atoms with Gasteiger partial charge in [-0.05, 0) is 54.0 Å². The Bertz CT molecular complexity index is 675. The van der Waals surface area contributed by atoms with Crippen molar-refractivity contribution in [3.05, 3.63) is 27.2 Å². The molecule has 0 bridgehead atoms. The molecule has 102 valence electrons. The first-order valence-corrected chi connectivity index (χ1v) is 7.49. The summed E-state index contributed by atoms with van der Waals surface area (Å²) in [5, 5.41) is 0. The van der Waals surface area contributed by atoms with Crippen LogP contribution < -0.4 is 0 Å². The summed E-state index contributed by atoms with van der Waals surface area (Å²) in [6, 6.07) is 3.37.